The van der Waals surface area contributed by atoms with Crippen LogP contribution in [0.2, 0.25) is 0 Å². The van der Waals surface area contributed by atoms with E-state index in [-0.39, 0.29) is 0 Å². The summed E-state index contributed by atoms with van der Waals surface area (Å²) in [6.45, 7) is 8.41. The molecule has 0 aliphatic rings. The molecule has 0 aliphatic carbocycles. The normalized spacial score (nSPS) is 12.7. The van der Waals surface area contributed by atoms with E-state index < -0.39 is 0 Å². The minimum Gasteiger partial charge on any atom is -0.357 e. The number of hydrogen-bond acceptors (Lipinski definition) is 5. The Kier molecular flexibility index (Phi) is 4.47. The summed E-state index contributed by atoms with van der Waals surface area (Å²) in [5, 5.41) is 13.7. The minimum atomic E-state index is 0.294. The van der Waals surface area contributed by atoms with Gasteiger partial charge in [0.15, 0.2) is 0 Å². The van der Waals surface area contributed by atoms with Crippen molar-refractivity contribution in [3.05, 3.63) is 34.6 Å². The van der Waals surface area contributed by atoms with Gasteiger partial charge in [-0.3, -0.25) is 4.98 Å². The predicted molar refractivity (Wildman–Crippen MR) is 79.8 cm³/mol. The zero-order valence-electron chi connectivity index (χ0n) is 11.8. The molecule has 0 aliphatic heterocycles. The summed E-state index contributed by atoms with van der Waals surface area (Å²) in [7, 11) is 0. The second-order valence-electron chi connectivity index (χ2n) is 5.12. The van der Waals surface area contributed by atoms with Gasteiger partial charge in [-0.25, -0.2) is 0 Å². The van der Waals surface area contributed by atoms with Gasteiger partial charge in [0.25, 0.3) is 0 Å². The van der Waals surface area contributed by atoms with Gasteiger partial charge in [-0.15, -0.1) is 10.2 Å². The van der Waals surface area contributed by atoms with Crippen LogP contribution >= 0.6 is 11.3 Å². The molecule has 1 atom stereocenters. The monoisotopic (exact) mass is 276 g/mol. The number of aromatic nitrogens is 3. The van der Waals surface area contributed by atoms with Crippen molar-refractivity contribution in [1.82, 2.24) is 15.2 Å². The van der Waals surface area contributed by atoms with Crippen molar-refractivity contribution in [3.8, 4) is 0 Å². The van der Waals surface area contributed by atoms with Gasteiger partial charge < -0.3 is 5.32 Å². The van der Waals surface area contributed by atoms with E-state index in [1.54, 1.807) is 11.3 Å². The lowest BCUT2D eigenvalue weighted by molar-refractivity contribution is 0.761. The summed E-state index contributed by atoms with van der Waals surface area (Å²) in [5.74, 6) is 0.432. The third-order valence-corrected chi connectivity index (χ3v) is 3.92. The van der Waals surface area contributed by atoms with Crippen molar-refractivity contribution in [2.24, 2.45) is 0 Å². The highest BCUT2D eigenvalue weighted by Crippen LogP contribution is 2.23. The van der Waals surface area contributed by atoms with Crippen molar-refractivity contribution >= 4 is 16.5 Å². The van der Waals surface area contributed by atoms with Gasteiger partial charge in [0, 0.05) is 29.8 Å². The van der Waals surface area contributed by atoms with E-state index in [0.29, 0.717) is 12.0 Å². The van der Waals surface area contributed by atoms with Crippen LogP contribution in [0.1, 0.15) is 43.1 Å². The molecule has 1 N–H and O–H groups in total. The lowest BCUT2D eigenvalue weighted by Crippen LogP contribution is -2.18. The molecule has 0 fully saturated rings. The minimum absolute atomic E-state index is 0.294. The number of rotatable bonds is 5. The van der Waals surface area contributed by atoms with Crippen LogP contribution in [-0.2, 0) is 6.42 Å². The quantitative estimate of drug-likeness (QED) is 0.909. The molecule has 2 rings (SSSR count). The zero-order chi connectivity index (χ0) is 13.8. The average Bonchev–Trinajstić information content (AvgIpc) is 2.77. The number of hydrogen-bond donors (Lipinski definition) is 1. The molecule has 5 heteroatoms. The molecule has 0 amide bonds. The maximum absolute atomic E-state index is 4.52. The first-order valence-corrected chi connectivity index (χ1v) is 7.38. The SMILES string of the molecule is Cc1cccc(CC(C)Nc2nnc(C(C)C)s2)n1. The Morgan fingerprint density at radius 1 is 1.21 bits per heavy atom. The fraction of sp³-hybridized carbons (Fsp3) is 0.500. The second kappa shape index (κ2) is 6.10. The molecule has 0 radical (unpaired) electrons. The Balaban J connectivity index is 1.95. The Labute approximate surface area is 118 Å². The van der Waals surface area contributed by atoms with Crippen LogP contribution in [0.3, 0.4) is 0 Å². The van der Waals surface area contributed by atoms with Gasteiger partial charge in [-0.1, -0.05) is 31.3 Å². The molecule has 2 aromatic rings. The summed E-state index contributed by atoms with van der Waals surface area (Å²) in [5.41, 5.74) is 2.16. The maximum Gasteiger partial charge on any atom is 0.205 e. The highest BCUT2D eigenvalue weighted by molar-refractivity contribution is 7.15. The van der Waals surface area contributed by atoms with Crippen LogP contribution in [0.4, 0.5) is 5.13 Å². The van der Waals surface area contributed by atoms with E-state index in [2.05, 4.69) is 47.3 Å². The lowest BCUT2D eigenvalue weighted by atomic mass is 10.1. The van der Waals surface area contributed by atoms with Crippen molar-refractivity contribution < 1.29 is 0 Å². The molecule has 1 unspecified atom stereocenters. The molecular weight excluding hydrogens is 256 g/mol. The van der Waals surface area contributed by atoms with E-state index in [1.807, 2.05) is 19.1 Å². The van der Waals surface area contributed by atoms with Gasteiger partial charge in [0.1, 0.15) is 5.01 Å². The Morgan fingerprint density at radius 2 is 2.00 bits per heavy atom. The highest BCUT2D eigenvalue weighted by Gasteiger charge is 2.10. The summed E-state index contributed by atoms with van der Waals surface area (Å²) < 4.78 is 0. The second-order valence-corrected chi connectivity index (χ2v) is 6.13. The molecule has 0 saturated carbocycles. The fourth-order valence-corrected chi connectivity index (χ4v) is 2.67. The summed E-state index contributed by atoms with van der Waals surface area (Å²) in [4.78, 5) is 4.52. The van der Waals surface area contributed by atoms with E-state index in [0.717, 1.165) is 27.9 Å². The van der Waals surface area contributed by atoms with E-state index >= 15 is 0 Å². The summed E-state index contributed by atoms with van der Waals surface area (Å²) >= 11 is 1.63. The summed E-state index contributed by atoms with van der Waals surface area (Å²) in [6.07, 6.45) is 0.887. The van der Waals surface area contributed by atoms with Crippen LogP contribution in [0.15, 0.2) is 18.2 Å². The molecule has 102 valence electrons. The molecule has 0 bridgehead atoms. The number of pyridine rings is 1. The lowest BCUT2D eigenvalue weighted by Gasteiger charge is -2.12. The van der Waals surface area contributed by atoms with Crippen molar-refractivity contribution in [3.63, 3.8) is 0 Å². The Bertz CT molecular complexity index is 536. The van der Waals surface area contributed by atoms with Gasteiger partial charge >= 0.3 is 0 Å². The molecule has 0 aromatic carbocycles. The van der Waals surface area contributed by atoms with E-state index in [4.69, 9.17) is 0 Å². The zero-order valence-corrected chi connectivity index (χ0v) is 12.7. The van der Waals surface area contributed by atoms with Crippen LogP contribution in [0.25, 0.3) is 0 Å². The van der Waals surface area contributed by atoms with Gasteiger partial charge in [0.2, 0.25) is 5.13 Å². The molecule has 4 nitrogen and oxygen atoms in total. The maximum atomic E-state index is 4.52. The van der Waals surface area contributed by atoms with E-state index in [1.165, 1.54) is 0 Å². The van der Waals surface area contributed by atoms with Gasteiger partial charge in [0.05, 0.1) is 0 Å². The summed E-state index contributed by atoms with van der Waals surface area (Å²) in [6, 6.07) is 6.42. The van der Waals surface area contributed by atoms with Crippen LogP contribution in [0.5, 0.6) is 0 Å². The molecule has 0 spiro atoms. The van der Waals surface area contributed by atoms with Crippen molar-refractivity contribution in [1.29, 1.82) is 0 Å². The molecule has 19 heavy (non-hydrogen) atoms. The molecule has 0 saturated heterocycles. The standard InChI is InChI=1S/C14H20N4S/c1-9(2)13-17-18-14(19-13)16-11(4)8-12-7-5-6-10(3)15-12/h5-7,9,11H,8H2,1-4H3,(H,16,18). The number of nitrogens with zero attached hydrogens (tertiary/aromatic N) is 3. The average molecular weight is 276 g/mol. The van der Waals surface area contributed by atoms with Crippen LogP contribution in [0, 0.1) is 6.92 Å². The highest BCUT2D eigenvalue weighted by atomic mass is 32.1. The largest absolute Gasteiger partial charge is 0.357 e. The first kappa shape index (κ1) is 13.9. The van der Waals surface area contributed by atoms with Crippen LogP contribution in [-0.4, -0.2) is 21.2 Å². The molecule has 2 heterocycles. The molecule has 2 aromatic heterocycles. The number of nitrogens with one attached hydrogen (secondary N) is 1. The Hall–Kier alpha value is -1.49. The smallest absolute Gasteiger partial charge is 0.205 e. The first-order valence-electron chi connectivity index (χ1n) is 6.57. The predicted octanol–water partition coefficient (Wildman–Crippen LogP) is 3.41. The fourth-order valence-electron chi connectivity index (χ4n) is 1.81. The topological polar surface area (TPSA) is 50.7 Å². The van der Waals surface area contributed by atoms with Gasteiger partial charge in [-0.2, -0.15) is 0 Å². The van der Waals surface area contributed by atoms with E-state index in [9.17, 15) is 0 Å². The third kappa shape index (κ3) is 3.99. The Morgan fingerprint density at radius 3 is 2.63 bits per heavy atom. The third-order valence-electron chi connectivity index (χ3n) is 2.77. The first-order chi connectivity index (χ1) is 9.04. The number of anilines is 1. The molecular formula is C14H20N4S. The van der Waals surface area contributed by atoms with Crippen LogP contribution < -0.4 is 5.32 Å². The van der Waals surface area contributed by atoms with Gasteiger partial charge in [-0.05, 0) is 26.0 Å². The number of aryl methyl sites for hydroxylation is 1. The van der Waals surface area contributed by atoms with Crippen molar-refractivity contribution in [2.45, 2.75) is 46.1 Å². The van der Waals surface area contributed by atoms with Crippen molar-refractivity contribution in [2.75, 3.05) is 5.32 Å².